The third kappa shape index (κ3) is 42.1. The van der Waals surface area contributed by atoms with Gasteiger partial charge >= 0.3 is 19.8 Å². The van der Waals surface area contributed by atoms with Gasteiger partial charge in [-0.2, -0.15) is 0 Å². The van der Waals surface area contributed by atoms with Crippen LogP contribution in [-0.2, 0) is 32.7 Å². The zero-order chi connectivity index (χ0) is 42.6. The highest BCUT2D eigenvalue weighted by atomic mass is 31.2. The number of allylic oxidation sites excluding steroid dienone is 8. The number of aliphatic hydroxyl groups excluding tert-OH is 2. The molecule has 0 aliphatic carbocycles. The van der Waals surface area contributed by atoms with E-state index in [1.807, 2.05) is 0 Å². The number of hydrogen-bond acceptors (Lipinski definition) is 9. The van der Waals surface area contributed by atoms with Crippen LogP contribution >= 0.6 is 7.82 Å². The number of phosphoric ester groups is 1. The molecule has 10 nitrogen and oxygen atoms in total. The van der Waals surface area contributed by atoms with E-state index in [0.717, 1.165) is 57.8 Å². The first-order chi connectivity index (χ1) is 28.2. The van der Waals surface area contributed by atoms with Gasteiger partial charge in [0.1, 0.15) is 12.7 Å². The molecule has 0 bridgehead atoms. The minimum absolute atomic E-state index is 0.147. The number of hydrogen-bond donors (Lipinski definition) is 3. The molecule has 338 valence electrons. The minimum Gasteiger partial charge on any atom is -0.462 e. The molecule has 0 rings (SSSR count). The summed E-state index contributed by atoms with van der Waals surface area (Å²) in [6, 6.07) is 0. The lowest BCUT2D eigenvalue weighted by Crippen LogP contribution is -2.29. The molecule has 3 atom stereocenters. The Bertz CT molecular complexity index is 1110. The van der Waals surface area contributed by atoms with Crippen LogP contribution in [-0.4, -0.2) is 65.7 Å². The van der Waals surface area contributed by atoms with Gasteiger partial charge in [0.2, 0.25) is 0 Å². The van der Waals surface area contributed by atoms with Crippen molar-refractivity contribution in [1.29, 1.82) is 0 Å². The van der Waals surface area contributed by atoms with Crippen LogP contribution in [0, 0.1) is 0 Å². The van der Waals surface area contributed by atoms with Gasteiger partial charge in [0.05, 0.1) is 19.8 Å². The molecule has 0 amide bonds. The first-order valence-electron chi connectivity index (χ1n) is 23.1. The molecule has 0 fully saturated rings. The Balaban J connectivity index is 4.32. The molecule has 0 aliphatic heterocycles. The van der Waals surface area contributed by atoms with Gasteiger partial charge in [-0.25, -0.2) is 4.57 Å². The Morgan fingerprint density at radius 2 is 0.897 bits per heavy atom. The number of aliphatic hydroxyl groups is 2. The number of rotatable bonds is 43. The Morgan fingerprint density at radius 3 is 1.38 bits per heavy atom. The van der Waals surface area contributed by atoms with E-state index in [-0.39, 0.29) is 19.4 Å². The van der Waals surface area contributed by atoms with E-state index in [2.05, 4.69) is 62.5 Å². The van der Waals surface area contributed by atoms with E-state index in [0.29, 0.717) is 12.8 Å². The lowest BCUT2D eigenvalue weighted by Gasteiger charge is -2.20. The molecule has 0 spiro atoms. The fraction of sp³-hybridized carbons (Fsp3) is 0.787. The summed E-state index contributed by atoms with van der Waals surface area (Å²) in [7, 11) is -4.63. The molecule has 0 heterocycles. The molecular weight excluding hydrogens is 755 g/mol. The molecule has 0 saturated carbocycles. The van der Waals surface area contributed by atoms with Crippen LogP contribution in [0.4, 0.5) is 0 Å². The van der Waals surface area contributed by atoms with Crippen molar-refractivity contribution in [2.45, 2.75) is 212 Å². The number of phosphoric acid groups is 1. The summed E-state index contributed by atoms with van der Waals surface area (Å²) >= 11 is 0. The maximum atomic E-state index is 12.6. The number of ether oxygens (including phenoxy) is 2. The molecule has 11 heteroatoms. The molecule has 1 unspecified atom stereocenters. The molecule has 0 aliphatic rings. The third-order valence-corrected chi connectivity index (χ3v) is 10.7. The van der Waals surface area contributed by atoms with Gasteiger partial charge in [-0.15, -0.1) is 0 Å². The quantitative estimate of drug-likeness (QED) is 0.0234. The average Bonchev–Trinajstić information content (AvgIpc) is 3.21. The predicted molar refractivity (Wildman–Crippen MR) is 237 cm³/mol. The van der Waals surface area contributed by atoms with E-state index in [1.165, 1.54) is 103 Å². The van der Waals surface area contributed by atoms with Crippen molar-refractivity contribution >= 4 is 19.8 Å². The second kappa shape index (κ2) is 43.0. The lowest BCUT2D eigenvalue weighted by molar-refractivity contribution is -0.161. The maximum Gasteiger partial charge on any atom is 0.472 e. The highest BCUT2D eigenvalue weighted by Crippen LogP contribution is 2.43. The number of esters is 2. The van der Waals surface area contributed by atoms with Gasteiger partial charge in [0, 0.05) is 12.8 Å². The van der Waals surface area contributed by atoms with Crippen molar-refractivity contribution in [3.8, 4) is 0 Å². The van der Waals surface area contributed by atoms with Gasteiger partial charge < -0.3 is 24.6 Å². The van der Waals surface area contributed by atoms with Crippen molar-refractivity contribution in [1.82, 2.24) is 0 Å². The molecule has 58 heavy (non-hydrogen) atoms. The van der Waals surface area contributed by atoms with Gasteiger partial charge in [0.25, 0.3) is 0 Å². The van der Waals surface area contributed by atoms with Crippen molar-refractivity contribution in [3.05, 3.63) is 48.6 Å². The summed E-state index contributed by atoms with van der Waals surface area (Å²) in [5.74, 6) is -0.956. The number of unbranched alkanes of at least 4 members (excludes halogenated alkanes) is 21. The predicted octanol–water partition coefficient (Wildman–Crippen LogP) is 12.5. The first kappa shape index (κ1) is 55.9. The highest BCUT2D eigenvalue weighted by molar-refractivity contribution is 7.47. The van der Waals surface area contributed by atoms with Crippen LogP contribution in [0.1, 0.15) is 200 Å². The van der Waals surface area contributed by atoms with E-state index < -0.39 is 51.8 Å². The van der Waals surface area contributed by atoms with Gasteiger partial charge in [-0.3, -0.25) is 18.6 Å². The van der Waals surface area contributed by atoms with Crippen molar-refractivity contribution in [2.75, 3.05) is 26.4 Å². The third-order valence-electron chi connectivity index (χ3n) is 9.74. The molecule has 0 aromatic rings. The van der Waals surface area contributed by atoms with Gasteiger partial charge in [-0.05, 0) is 57.8 Å². The van der Waals surface area contributed by atoms with Crippen LogP contribution in [0.3, 0.4) is 0 Å². The molecule has 0 aromatic carbocycles. The second-order valence-corrected chi connectivity index (χ2v) is 16.9. The van der Waals surface area contributed by atoms with E-state index in [1.54, 1.807) is 0 Å². The van der Waals surface area contributed by atoms with Crippen molar-refractivity contribution < 1.29 is 47.8 Å². The summed E-state index contributed by atoms with van der Waals surface area (Å²) < 4.78 is 32.7. The van der Waals surface area contributed by atoms with E-state index in [4.69, 9.17) is 23.6 Å². The molecule has 0 aromatic heterocycles. The van der Waals surface area contributed by atoms with Crippen molar-refractivity contribution in [3.63, 3.8) is 0 Å². The normalized spacial score (nSPS) is 14.2. The van der Waals surface area contributed by atoms with E-state index >= 15 is 0 Å². The molecular formula is C47H85O10P. The Morgan fingerprint density at radius 1 is 0.517 bits per heavy atom. The molecule has 0 radical (unpaired) electrons. The average molecular weight is 841 g/mol. The second-order valence-electron chi connectivity index (χ2n) is 15.4. The Labute approximate surface area is 353 Å². The smallest absolute Gasteiger partial charge is 0.462 e. The summed E-state index contributed by atoms with van der Waals surface area (Å²) in [5.41, 5.74) is 0. The zero-order valence-corrected chi connectivity index (χ0v) is 37.6. The fourth-order valence-corrected chi connectivity index (χ4v) is 6.94. The van der Waals surface area contributed by atoms with Crippen molar-refractivity contribution in [2.24, 2.45) is 0 Å². The van der Waals surface area contributed by atoms with Crippen LogP contribution < -0.4 is 0 Å². The largest absolute Gasteiger partial charge is 0.472 e. The van der Waals surface area contributed by atoms with Gasteiger partial charge in [0.15, 0.2) is 6.10 Å². The monoisotopic (exact) mass is 841 g/mol. The number of carbonyl (C=O) groups is 2. The summed E-state index contributed by atoms with van der Waals surface area (Å²) in [5, 5.41) is 18.4. The summed E-state index contributed by atoms with van der Waals surface area (Å²) in [6.45, 7) is 2.33. The van der Waals surface area contributed by atoms with Crippen LogP contribution in [0.15, 0.2) is 48.6 Å². The fourth-order valence-electron chi connectivity index (χ4n) is 6.15. The SMILES string of the molecule is CCCCC/C=C\C/C=C\C/C=C\C/C=C\CCCCCC(=O)O[C@H](COC(=O)CCCCCCCCCCCCCCCCCC)COP(=O)(O)OC[C@@H](O)CO. The van der Waals surface area contributed by atoms with Crippen LogP contribution in [0.25, 0.3) is 0 Å². The highest BCUT2D eigenvalue weighted by Gasteiger charge is 2.27. The number of carbonyl (C=O) groups excluding carboxylic acids is 2. The Hall–Kier alpha value is -2.07. The molecule has 0 saturated heterocycles. The van der Waals surface area contributed by atoms with E-state index in [9.17, 15) is 24.2 Å². The van der Waals surface area contributed by atoms with Crippen LogP contribution in [0.5, 0.6) is 0 Å². The zero-order valence-electron chi connectivity index (χ0n) is 36.8. The minimum atomic E-state index is -4.63. The summed E-state index contributed by atoms with van der Waals surface area (Å²) in [6.07, 6.45) is 46.4. The maximum absolute atomic E-state index is 12.6. The molecule has 3 N–H and O–H groups in total. The standard InChI is InChI=1S/C47H85O10P/c1-3-5-7-9-11-13-15-17-19-21-22-23-25-27-29-31-33-35-37-39-47(51)57-45(43-56-58(52,53)55-41-44(49)40-48)42-54-46(50)38-36-34-32-30-28-26-24-20-18-16-14-12-10-8-6-4-2/h11,13,17,19,22-23,27,29,44-45,48-49H,3-10,12,14-16,18,20-21,24-26,28,30-43H2,1-2H3,(H,52,53)/b13-11-,19-17-,23-22-,29-27-/t44-,45+/m0/s1. The van der Waals surface area contributed by atoms with Crippen LogP contribution in [0.2, 0.25) is 0 Å². The lowest BCUT2D eigenvalue weighted by atomic mass is 10.0. The summed E-state index contributed by atoms with van der Waals surface area (Å²) in [4.78, 5) is 35.0. The topological polar surface area (TPSA) is 149 Å². The van der Waals surface area contributed by atoms with Gasteiger partial charge in [-0.1, -0.05) is 178 Å². The Kier molecular flexibility index (Phi) is 41.5. The first-order valence-corrected chi connectivity index (χ1v) is 24.6.